The molecule has 0 aliphatic carbocycles. The Balaban J connectivity index is 2.75. The number of rotatable bonds is 0. The van der Waals surface area contributed by atoms with Gasteiger partial charge in [0.05, 0.1) is 11.1 Å². The van der Waals surface area contributed by atoms with Crippen LogP contribution in [0.15, 0.2) is 21.1 Å². The molecule has 2 nitrogen and oxygen atoms in total. The maximum atomic E-state index is 12.3. The summed E-state index contributed by atoms with van der Waals surface area (Å²) in [6.07, 6.45) is 0. The van der Waals surface area contributed by atoms with Crippen LogP contribution in [0, 0.1) is 0 Å². The fourth-order valence-corrected chi connectivity index (χ4v) is 3.16. The molecule has 0 saturated heterocycles. The normalized spacial score (nSPS) is 22.2. The Morgan fingerprint density at radius 2 is 1.25 bits per heavy atom. The van der Waals surface area contributed by atoms with Crippen LogP contribution in [0.25, 0.3) is 0 Å². The summed E-state index contributed by atoms with van der Waals surface area (Å²) in [4.78, 5) is 0. The van der Waals surface area contributed by atoms with Crippen LogP contribution in [0.2, 0.25) is 0 Å². The van der Waals surface area contributed by atoms with E-state index in [9.17, 15) is 5.21 Å². The average Bonchev–Trinajstić information content (AvgIpc) is 2.29. The third-order valence-electron chi connectivity index (χ3n) is 3.39. The van der Waals surface area contributed by atoms with Crippen molar-refractivity contribution < 1.29 is 5.21 Å². The Kier molecular flexibility index (Phi) is 2.78. The number of halogens is 2. The van der Waals surface area contributed by atoms with Gasteiger partial charge in [-0.1, -0.05) is 0 Å². The first-order valence-electron chi connectivity index (χ1n) is 5.16. The first-order chi connectivity index (χ1) is 7.19. The van der Waals surface area contributed by atoms with E-state index in [4.69, 9.17) is 0 Å². The van der Waals surface area contributed by atoms with Crippen LogP contribution in [0.3, 0.4) is 0 Å². The number of hydrogen-bond acceptors (Lipinski definition) is 1. The molecule has 0 unspecified atom stereocenters. The van der Waals surface area contributed by atoms with Crippen molar-refractivity contribution in [1.82, 2.24) is 5.06 Å². The first-order valence-corrected chi connectivity index (χ1v) is 6.75. The van der Waals surface area contributed by atoms with Gasteiger partial charge < -0.3 is 0 Å². The van der Waals surface area contributed by atoms with Crippen molar-refractivity contribution in [3.63, 3.8) is 0 Å². The summed E-state index contributed by atoms with van der Waals surface area (Å²) in [5, 5.41) is 13.5. The summed E-state index contributed by atoms with van der Waals surface area (Å²) in [7, 11) is 0. The van der Waals surface area contributed by atoms with E-state index in [0.717, 1.165) is 20.1 Å². The van der Waals surface area contributed by atoms with Gasteiger partial charge >= 0.3 is 0 Å². The fraction of sp³-hybridized carbons (Fsp3) is 0.500. The van der Waals surface area contributed by atoms with Crippen LogP contribution in [0.5, 0.6) is 0 Å². The molecule has 1 aromatic carbocycles. The van der Waals surface area contributed by atoms with E-state index in [2.05, 4.69) is 31.9 Å². The summed E-state index contributed by atoms with van der Waals surface area (Å²) >= 11 is 6.98. The molecule has 1 aromatic rings. The molecule has 87 valence electrons. The molecular formula is C12H14Br2NO. The Morgan fingerprint density at radius 3 is 1.56 bits per heavy atom. The minimum absolute atomic E-state index is 0.470. The van der Waals surface area contributed by atoms with Crippen molar-refractivity contribution in [2.24, 2.45) is 0 Å². The quantitative estimate of drug-likeness (QED) is 0.684. The van der Waals surface area contributed by atoms with E-state index < -0.39 is 11.1 Å². The topological polar surface area (TPSA) is 23.1 Å². The van der Waals surface area contributed by atoms with Crippen LogP contribution >= 0.6 is 31.9 Å². The van der Waals surface area contributed by atoms with Gasteiger partial charge in [-0.05, 0) is 82.8 Å². The van der Waals surface area contributed by atoms with Gasteiger partial charge in [-0.3, -0.25) is 0 Å². The van der Waals surface area contributed by atoms with Crippen molar-refractivity contribution in [1.29, 1.82) is 0 Å². The van der Waals surface area contributed by atoms with Crippen LogP contribution in [0.4, 0.5) is 0 Å². The number of hydroxylamine groups is 2. The Hall–Kier alpha value is 0.1000. The molecule has 0 saturated carbocycles. The van der Waals surface area contributed by atoms with Crippen molar-refractivity contribution >= 4 is 31.9 Å². The van der Waals surface area contributed by atoms with Gasteiger partial charge in [0, 0.05) is 8.95 Å². The summed E-state index contributed by atoms with van der Waals surface area (Å²) in [5.41, 5.74) is 1.26. The molecular weight excluding hydrogens is 334 g/mol. The zero-order valence-corrected chi connectivity index (χ0v) is 12.9. The van der Waals surface area contributed by atoms with Gasteiger partial charge in [-0.15, -0.1) is 10.3 Å². The largest absolute Gasteiger partial charge is 0.135 e. The molecule has 0 amide bonds. The highest BCUT2D eigenvalue weighted by molar-refractivity contribution is 9.13. The van der Waals surface area contributed by atoms with E-state index in [-0.39, 0.29) is 0 Å². The standard InChI is InChI=1S/C12H14Br2NO/c1-11(2)7-5-9(13)10(14)6-8(7)12(3,4)15(11)16/h5-6H,1-4H3. The molecule has 1 aliphatic rings. The molecule has 1 radical (unpaired) electrons. The van der Waals surface area contributed by atoms with Gasteiger partial charge in [-0.25, -0.2) is 0 Å². The molecule has 1 heterocycles. The molecule has 0 N–H and O–H groups in total. The lowest BCUT2D eigenvalue weighted by Crippen LogP contribution is -2.41. The highest BCUT2D eigenvalue weighted by atomic mass is 79.9. The zero-order chi connectivity index (χ0) is 12.3. The van der Waals surface area contributed by atoms with Gasteiger partial charge in [0.25, 0.3) is 0 Å². The van der Waals surface area contributed by atoms with Crippen LogP contribution in [0.1, 0.15) is 38.8 Å². The van der Waals surface area contributed by atoms with Crippen LogP contribution in [-0.4, -0.2) is 5.06 Å². The van der Waals surface area contributed by atoms with E-state index >= 15 is 0 Å². The van der Waals surface area contributed by atoms with Crippen molar-refractivity contribution in [3.05, 3.63) is 32.2 Å². The maximum Gasteiger partial charge on any atom is 0.0699 e. The predicted octanol–water partition coefficient (Wildman–Crippen LogP) is 4.34. The Morgan fingerprint density at radius 1 is 0.938 bits per heavy atom. The summed E-state index contributed by atoms with van der Waals surface area (Å²) in [5.74, 6) is 0. The van der Waals surface area contributed by atoms with E-state index in [0.29, 0.717) is 0 Å². The minimum atomic E-state index is -0.470. The third kappa shape index (κ3) is 1.50. The lowest BCUT2D eigenvalue weighted by molar-refractivity contribution is -0.266. The third-order valence-corrected chi connectivity index (χ3v) is 5.24. The molecule has 1 aliphatic heterocycles. The number of benzene rings is 1. The van der Waals surface area contributed by atoms with Crippen molar-refractivity contribution in [2.75, 3.05) is 0 Å². The van der Waals surface area contributed by atoms with E-state index in [1.165, 1.54) is 5.06 Å². The molecule has 0 atom stereocenters. The van der Waals surface area contributed by atoms with Crippen molar-refractivity contribution in [3.8, 4) is 0 Å². The van der Waals surface area contributed by atoms with Gasteiger partial charge in [0.2, 0.25) is 0 Å². The van der Waals surface area contributed by atoms with Crippen molar-refractivity contribution in [2.45, 2.75) is 38.8 Å². The summed E-state index contributed by atoms with van der Waals surface area (Å²) in [6.45, 7) is 7.86. The molecule has 0 fully saturated rings. The predicted molar refractivity (Wildman–Crippen MR) is 70.4 cm³/mol. The van der Waals surface area contributed by atoms with Gasteiger partial charge in [-0.2, -0.15) is 0 Å². The van der Waals surface area contributed by atoms with Gasteiger partial charge in [0.1, 0.15) is 0 Å². The lowest BCUT2D eigenvalue weighted by atomic mass is 9.91. The number of hydrogen-bond donors (Lipinski definition) is 0. The highest BCUT2D eigenvalue weighted by Gasteiger charge is 2.50. The molecule has 2 rings (SSSR count). The van der Waals surface area contributed by atoms with Gasteiger partial charge in [0.15, 0.2) is 0 Å². The monoisotopic (exact) mass is 346 g/mol. The number of nitrogens with zero attached hydrogens (tertiary/aromatic N) is 1. The van der Waals surface area contributed by atoms with E-state index in [1.807, 2.05) is 39.8 Å². The number of fused-ring (bicyclic) bond motifs is 1. The second-order valence-corrected chi connectivity index (χ2v) is 6.93. The zero-order valence-electron chi connectivity index (χ0n) is 9.77. The lowest BCUT2D eigenvalue weighted by Gasteiger charge is -2.32. The fourth-order valence-electron chi connectivity index (χ4n) is 2.48. The molecule has 0 aromatic heterocycles. The van der Waals surface area contributed by atoms with Crippen LogP contribution in [-0.2, 0) is 16.3 Å². The molecule has 16 heavy (non-hydrogen) atoms. The second kappa shape index (κ2) is 3.55. The summed E-state index contributed by atoms with van der Waals surface area (Å²) in [6, 6.07) is 4.08. The minimum Gasteiger partial charge on any atom is -0.135 e. The first kappa shape index (κ1) is 12.6. The smallest absolute Gasteiger partial charge is 0.0699 e. The Labute approximate surface area is 113 Å². The second-order valence-electron chi connectivity index (χ2n) is 5.22. The SMILES string of the molecule is CC1(C)c2cc(Br)c(Br)cc2C(C)(C)N1[O]. The van der Waals surface area contributed by atoms with E-state index in [1.54, 1.807) is 0 Å². The molecule has 4 heteroatoms. The Bertz CT molecular complexity index is 414. The maximum absolute atomic E-state index is 12.3. The summed E-state index contributed by atoms with van der Waals surface area (Å²) < 4.78 is 1.98. The van der Waals surface area contributed by atoms with Crippen LogP contribution < -0.4 is 0 Å². The molecule has 0 bridgehead atoms. The molecule has 0 spiro atoms. The average molecular weight is 348 g/mol. The highest BCUT2D eigenvalue weighted by Crippen LogP contribution is 2.50.